The van der Waals surface area contributed by atoms with Crippen molar-refractivity contribution in [3.8, 4) is 0 Å². The highest BCUT2D eigenvalue weighted by Gasteiger charge is 2.01. The van der Waals surface area contributed by atoms with Crippen molar-refractivity contribution in [3.63, 3.8) is 0 Å². The number of rotatable bonds is 5. The topological polar surface area (TPSA) is 70.6 Å². The van der Waals surface area contributed by atoms with Gasteiger partial charge >= 0.3 is 0 Å². The van der Waals surface area contributed by atoms with Crippen LogP contribution in [0.2, 0.25) is 0 Å². The van der Waals surface area contributed by atoms with Gasteiger partial charge in [0.1, 0.15) is 0 Å². The molecule has 2 rings (SSSR count). The molecule has 0 heterocycles. The summed E-state index contributed by atoms with van der Waals surface area (Å²) in [7, 11) is 0. The molecule has 4 N–H and O–H groups in total. The lowest BCUT2D eigenvalue weighted by Gasteiger charge is -2.08. The Kier molecular flexibility index (Phi) is 4.60. The molecule has 0 aliphatic heterocycles. The zero-order valence-electron chi connectivity index (χ0n) is 11.5. The number of benzene rings is 2. The first-order valence-electron chi connectivity index (χ1n) is 6.62. The molecule has 0 amide bonds. The van der Waals surface area contributed by atoms with Gasteiger partial charge in [0.05, 0.1) is 0 Å². The van der Waals surface area contributed by atoms with Crippen LogP contribution in [0.25, 0.3) is 0 Å². The van der Waals surface area contributed by atoms with Crippen LogP contribution < -0.4 is 11.1 Å². The summed E-state index contributed by atoms with van der Waals surface area (Å²) in [5, 5.41) is 15.0. The molecule has 0 aromatic heterocycles. The van der Waals surface area contributed by atoms with E-state index in [9.17, 15) is 0 Å². The third-order valence-corrected chi connectivity index (χ3v) is 3.19. The van der Waals surface area contributed by atoms with E-state index in [1.165, 1.54) is 5.56 Å². The molecule has 0 aliphatic carbocycles. The van der Waals surface area contributed by atoms with E-state index in [-0.39, 0.29) is 5.84 Å². The molecule has 0 spiro atoms. The Labute approximate surface area is 118 Å². The minimum absolute atomic E-state index is 0.124. The average molecular weight is 269 g/mol. The van der Waals surface area contributed by atoms with Crippen LogP contribution in [0, 0.1) is 0 Å². The zero-order chi connectivity index (χ0) is 14.4. The van der Waals surface area contributed by atoms with Gasteiger partial charge in [0.25, 0.3) is 0 Å². The molecule has 0 radical (unpaired) electrons. The van der Waals surface area contributed by atoms with Gasteiger partial charge in [-0.3, -0.25) is 0 Å². The van der Waals surface area contributed by atoms with Crippen molar-refractivity contribution >= 4 is 11.5 Å². The second-order valence-electron chi connectivity index (χ2n) is 4.59. The molecule has 2 aromatic carbocycles. The normalized spacial score (nSPS) is 11.3. The van der Waals surface area contributed by atoms with Gasteiger partial charge in [0, 0.05) is 17.8 Å². The van der Waals surface area contributed by atoms with Crippen molar-refractivity contribution in [1.82, 2.24) is 0 Å². The van der Waals surface area contributed by atoms with Crippen LogP contribution in [-0.2, 0) is 13.0 Å². The second kappa shape index (κ2) is 6.61. The smallest absolute Gasteiger partial charge is 0.170 e. The first-order chi connectivity index (χ1) is 9.72. The lowest BCUT2D eigenvalue weighted by molar-refractivity contribution is 0.318. The standard InChI is InChI=1S/C16H19N3O/c1-2-12-6-8-15(9-7-12)18-11-13-4-3-5-14(10-13)16(17)19-20/h3-10,18,20H,2,11H2,1H3,(H2,17,19). The lowest BCUT2D eigenvalue weighted by atomic mass is 10.1. The Morgan fingerprint density at radius 2 is 1.90 bits per heavy atom. The van der Waals surface area contributed by atoms with Crippen LogP contribution in [0.3, 0.4) is 0 Å². The second-order valence-corrected chi connectivity index (χ2v) is 4.59. The summed E-state index contributed by atoms with van der Waals surface area (Å²) in [4.78, 5) is 0. The van der Waals surface area contributed by atoms with Gasteiger partial charge in [-0.05, 0) is 35.7 Å². The third kappa shape index (κ3) is 3.51. The van der Waals surface area contributed by atoms with Gasteiger partial charge in [0.15, 0.2) is 5.84 Å². The Balaban J connectivity index is 2.03. The molecular weight excluding hydrogens is 250 g/mol. The monoisotopic (exact) mass is 269 g/mol. The maximum Gasteiger partial charge on any atom is 0.170 e. The average Bonchev–Trinajstić information content (AvgIpc) is 2.53. The molecule has 0 saturated heterocycles. The molecule has 0 fully saturated rings. The number of nitrogens with one attached hydrogen (secondary N) is 1. The van der Waals surface area contributed by atoms with Crippen LogP contribution in [0.4, 0.5) is 5.69 Å². The van der Waals surface area contributed by atoms with Gasteiger partial charge < -0.3 is 16.3 Å². The number of anilines is 1. The Bertz CT molecular complexity index is 591. The quantitative estimate of drug-likeness (QED) is 0.338. The highest BCUT2D eigenvalue weighted by molar-refractivity contribution is 5.97. The fraction of sp³-hybridized carbons (Fsp3) is 0.188. The fourth-order valence-corrected chi connectivity index (χ4v) is 1.96. The Morgan fingerprint density at radius 1 is 1.15 bits per heavy atom. The number of amidine groups is 1. The van der Waals surface area contributed by atoms with E-state index in [0.717, 1.165) is 17.7 Å². The molecule has 0 aliphatic rings. The molecule has 0 bridgehead atoms. The number of aryl methyl sites for hydroxylation is 1. The van der Waals surface area contributed by atoms with E-state index in [1.807, 2.05) is 24.3 Å². The molecule has 20 heavy (non-hydrogen) atoms. The maximum absolute atomic E-state index is 8.68. The van der Waals surface area contributed by atoms with Crippen LogP contribution >= 0.6 is 0 Å². The molecular formula is C16H19N3O. The van der Waals surface area contributed by atoms with Crippen molar-refractivity contribution in [3.05, 3.63) is 65.2 Å². The SMILES string of the molecule is CCc1ccc(NCc2cccc(C(N)=NO)c2)cc1. The Hall–Kier alpha value is -2.49. The Morgan fingerprint density at radius 3 is 2.55 bits per heavy atom. The highest BCUT2D eigenvalue weighted by Crippen LogP contribution is 2.12. The van der Waals surface area contributed by atoms with Gasteiger partial charge in [-0.25, -0.2) is 0 Å². The maximum atomic E-state index is 8.68. The summed E-state index contributed by atoms with van der Waals surface area (Å²) in [6, 6.07) is 16.0. The molecule has 0 atom stereocenters. The number of hydrogen-bond donors (Lipinski definition) is 3. The van der Waals surface area contributed by atoms with E-state index in [1.54, 1.807) is 0 Å². The molecule has 0 unspecified atom stereocenters. The summed E-state index contributed by atoms with van der Waals surface area (Å²) in [6.07, 6.45) is 1.04. The first kappa shape index (κ1) is 13.9. The van der Waals surface area contributed by atoms with Crippen molar-refractivity contribution < 1.29 is 5.21 Å². The number of hydrogen-bond acceptors (Lipinski definition) is 3. The number of oxime groups is 1. The predicted molar refractivity (Wildman–Crippen MR) is 82.1 cm³/mol. The van der Waals surface area contributed by atoms with E-state index in [4.69, 9.17) is 10.9 Å². The fourth-order valence-electron chi connectivity index (χ4n) is 1.96. The van der Waals surface area contributed by atoms with Gasteiger partial charge in [0.2, 0.25) is 0 Å². The molecule has 4 heteroatoms. The van der Waals surface area contributed by atoms with Crippen molar-refractivity contribution in [1.29, 1.82) is 0 Å². The van der Waals surface area contributed by atoms with Gasteiger partial charge in [-0.15, -0.1) is 0 Å². The number of nitrogens with two attached hydrogens (primary N) is 1. The molecule has 104 valence electrons. The van der Waals surface area contributed by atoms with Gasteiger partial charge in [-0.1, -0.05) is 42.4 Å². The predicted octanol–water partition coefficient (Wildman–Crippen LogP) is 2.96. The molecule has 2 aromatic rings. The van der Waals surface area contributed by atoms with Crippen LogP contribution in [0.5, 0.6) is 0 Å². The first-order valence-corrected chi connectivity index (χ1v) is 6.62. The van der Waals surface area contributed by atoms with Crippen LogP contribution in [0.1, 0.15) is 23.6 Å². The van der Waals surface area contributed by atoms with Crippen LogP contribution in [0.15, 0.2) is 53.7 Å². The summed E-state index contributed by atoms with van der Waals surface area (Å²) in [5.74, 6) is 0.124. The molecule has 0 saturated carbocycles. The zero-order valence-corrected chi connectivity index (χ0v) is 11.5. The van der Waals surface area contributed by atoms with E-state index < -0.39 is 0 Å². The largest absolute Gasteiger partial charge is 0.409 e. The van der Waals surface area contributed by atoms with E-state index in [0.29, 0.717) is 12.1 Å². The molecule has 4 nitrogen and oxygen atoms in total. The van der Waals surface area contributed by atoms with Crippen molar-refractivity contribution in [2.75, 3.05) is 5.32 Å². The lowest BCUT2D eigenvalue weighted by Crippen LogP contribution is -2.13. The minimum Gasteiger partial charge on any atom is -0.409 e. The highest BCUT2D eigenvalue weighted by atomic mass is 16.4. The summed E-state index contributed by atoms with van der Waals surface area (Å²) < 4.78 is 0. The number of nitrogens with zero attached hydrogens (tertiary/aromatic N) is 1. The summed E-state index contributed by atoms with van der Waals surface area (Å²) in [5.41, 5.74) is 9.78. The summed E-state index contributed by atoms with van der Waals surface area (Å²) >= 11 is 0. The third-order valence-electron chi connectivity index (χ3n) is 3.19. The van der Waals surface area contributed by atoms with E-state index in [2.05, 4.69) is 41.7 Å². The van der Waals surface area contributed by atoms with Crippen LogP contribution in [-0.4, -0.2) is 11.0 Å². The van der Waals surface area contributed by atoms with Crippen molar-refractivity contribution in [2.45, 2.75) is 19.9 Å². The summed E-state index contributed by atoms with van der Waals surface area (Å²) in [6.45, 7) is 2.83. The van der Waals surface area contributed by atoms with Crippen molar-refractivity contribution in [2.24, 2.45) is 10.9 Å². The van der Waals surface area contributed by atoms with E-state index >= 15 is 0 Å². The van der Waals surface area contributed by atoms with Gasteiger partial charge in [-0.2, -0.15) is 0 Å². The minimum atomic E-state index is 0.124.